The van der Waals surface area contributed by atoms with Crippen molar-refractivity contribution in [2.24, 2.45) is 5.92 Å². The summed E-state index contributed by atoms with van der Waals surface area (Å²) < 4.78 is 5.45. The van der Waals surface area contributed by atoms with E-state index in [1.807, 2.05) is 0 Å². The summed E-state index contributed by atoms with van der Waals surface area (Å²) in [5, 5.41) is 7.91. The third-order valence-corrected chi connectivity index (χ3v) is 3.19. The maximum absolute atomic E-state index is 5.61. The topological polar surface area (TPSA) is 38.9 Å². The zero-order chi connectivity index (χ0) is 9.97. The molecule has 0 saturated heterocycles. The number of halogens is 1. The van der Waals surface area contributed by atoms with Crippen molar-refractivity contribution in [2.75, 3.05) is 0 Å². The standard InChI is InChI=1S/C10H15ClN2O/c1-7-2-4-8(5-3-7)10-13-12-9(6-11)14-10/h7-8H,2-6H2,1H3. The highest BCUT2D eigenvalue weighted by Crippen LogP contribution is 2.34. The molecule has 1 aromatic rings. The fraction of sp³-hybridized carbons (Fsp3) is 0.800. The van der Waals surface area contributed by atoms with Crippen molar-refractivity contribution in [2.45, 2.75) is 44.4 Å². The van der Waals surface area contributed by atoms with Gasteiger partial charge < -0.3 is 4.42 Å². The molecule has 0 spiro atoms. The summed E-state index contributed by atoms with van der Waals surface area (Å²) in [7, 11) is 0. The molecule has 0 amide bonds. The van der Waals surface area contributed by atoms with Gasteiger partial charge in [0, 0.05) is 5.92 Å². The summed E-state index contributed by atoms with van der Waals surface area (Å²) >= 11 is 5.61. The van der Waals surface area contributed by atoms with E-state index >= 15 is 0 Å². The number of alkyl halides is 1. The quantitative estimate of drug-likeness (QED) is 0.711. The molecule has 0 atom stereocenters. The summed E-state index contributed by atoms with van der Waals surface area (Å²) in [4.78, 5) is 0. The highest BCUT2D eigenvalue weighted by Gasteiger charge is 2.23. The van der Waals surface area contributed by atoms with Crippen LogP contribution in [0.25, 0.3) is 0 Å². The molecule has 0 radical (unpaired) electrons. The lowest BCUT2D eigenvalue weighted by Crippen LogP contribution is -2.11. The molecule has 0 aliphatic heterocycles. The van der Waals surface area contributed by atoms with Gasteiger partial charge in [0.2, 0.25) is 11.8 Å². The van der Waals surface area contributed by atoms with Crippen LogP contribution in [0.3, 0.4) is 0 Å². The summed E-state index contributed by atoms with van der Waals surface area (Å²) in [5.41, 5.74) is 0. The predicted molar refractivity (Wildman–Crippen MR) is 54.2 cm³/mol. The third-order valence-electron chi connectivity index (χ3n) is 2.96. The molecule has 1 saturated carbocycles. The van der Waals surface area contributed by atoms with Crippen LogP contribution in [0.1, 0.15) is 50.3 Å². The van der Waals surface area contributed by atoms with Crippen LogP contribution >= 0.6 is 11.6 Å². The molecular weight excluding hydrogens is 200 g/mol. The maximum atomic E-state index is 5.61. The molecule has 78 valence electrons. The van der Waals surface area contributed by atoms with Gasteiger partial charge in [-0.3, -0.25) is 0 Å². The third kappa shape index (κ3) is 2.08. The fourth-order valence-corrected chi connectivity index (χ4v) is 2.10. The van der Waals surface area contributed by atoms with Gasteiger partial charge in [0.1, 0.15) is 5.88 Å². The SMILES string of the molecule is CC1CCC(c2nnc(CCl)o2)CC1. The molecule has 1 aliphatic rings. The smallest absolute Gasteiger partial charge is 0.231 e. The van der Waals surface area contributed by atoms with Gasteiger partial charge in [-0.2, -0.15) is 0 Å². The van der Waals surface area contributed by atoms with Crippen molar-refractivity contribution < 1.29 is 4.42 Å². The second-order valence-corrected chi connectivity index (χ2v) is 4.39. The van der Waals surface area contributed by atoms with Gasteiger partial charge in [-0.1, -0.05) is 6.92 Å². The van der Waals surface area contributed by atoms with E-state index in [4.69, 9.17) is 16.0 Å². The lowest BCUT2D eigenvalue weighted by atomic mass is 9.83. The molecule has 14 heavy (non-hydrogen) atoms. The summed E-state index contributed by atoms with van der Waals surface area (Å²) in [6.45, 7) is 2.30. The Morgan fingerprint density at radius 1 is 1.29 bits per heavy atom. The van der Waals surface area contributed by atoms with E-state index in [1.54, 1.807) is 0 Å². The Hall–Kier alpha value is -0.570. The number of rotatable bonds is 2. The molecular formula is C10H15ClN2O. The minimum absolute atomic E-state index is 0.316. The Bertz CT molecular complexity index is 292. The molecule has 0 unspecified atom stereocenters. The summed E-state index contributed by atoms with van der Waals surface area (Å²) in [5.74, 6) is 2.96. The van der Waals surface area contributed by atoms with Crippen LogP contribution in [0.4, 0.5) is 0 Å². The molecule has 2 rings (SSSR count). The molecule has 0 aromatic carbocycles. The van der Waals surface area contributed by atoms with Crippen molar-refractivity contribution in [1.82, 2.24) is 10.2 Å². The van der Waals surface area contributed by atoms with E-state index in [-0.39, 0.29) is 0 Å². The van der Waals surface area contributed by atoms with Gasteiger partial charge in [0.05, 0.1) is 0 Å². The number of nitrogens with zero attached hydrogens (tertiary/aromatic N) is 2. The van der Waals surface area contributed by atoms with Crippen LogP contribution in [0.15, 0.2) is 4.42 Å². The molecule has 0 bridgehead atoms. The average Bonchev–Trinajstić information content (AvgIpc) is 2.67. The van der Waals surface area contributed by atoms with Gasteiger partial charge in [-0.25, -0.2) is 0 Å². The van der Waals surface area contributed by atoms with Crippen LogP contribution in [-0.4, -0.2) is 10.2 Å². The summed E-state index contributed by atoms with van der Waals surface area (Å²) in [6, 6.07) is 0. The second-order valence-electron chi connectivity index (χ2n) is 4.12. The zero-order valence-corrected chi connectivity index (χ0v) is 9.13. The Morgan fingerprint density at radius 3 is 2.57 bits per heavy atom. The van der Waals surface area contributed by atoms with Crippen LogP contribution in [0, 0.1) is 5.92 Å². The molecule has 3 nitrogen and oxygen atoms in total. The Balaban J connectivity index is 2.01. The van der Waals surface area contributed by atoms with E-state index < -0.39 is 0 Å². The van der Waals surface area contributed by atoms with Crippen LogP contribution in [-0.2, 0) is 5.88 Å². The largest absolute Gasteiger partial charge is 0.424 e. The first-order chi connectivity index (χ1) is 6.79. The Labute approximate surface area is 88.9 Å². The minimum atomic E-state index is 0.316. The van der Waals surface area contributed by atoms with E-state index in [9.17, 15) is 0 Å². The molecule has 0 N–H and O–H groups in total. The van der Waals surface area contributed by atoms with Gasteiger partial charge in [-0.15, -0.1) is 21.8 Å². The maximum Gasteiger partial charge on any atom is 0.231 e. The van der Waals surface area contributed by atoms with E-state index in [1.165, 1.54) is 25.7 Å². The highest BCUT2D eigenvalue weighted by molar-refractivity contribution is 6.16. The normalized spacial score (nSPS) is 27.9. The lowest BCUT2D eigenvalue weighted by Gasteiger charge is -2.23. The van der Waals surface area contributed by atoms with E-state index in [0.717, 1.165) is 11.8 Å². The first-order valence-corrected chi connectivity index (χ1v) is 5.71. The first kappa shape index (κ1) is 9.97. The van der Waals surface area contributed by atoms with E-state index in [0.29, 0.717) is 17.7 Å². The molecule has 1 aromatic heterocycles. The van der Waals surface area contributed by atoms with Crippen molar-refractivity contribution in [3.8, 4) is 0 Å². The van der Waals surface area contributed by atoms with Crippen LogP contribution in [0.2, 0.25) is 0 Å². The lowest BCUT2D eigenvalue weighted by molar-refractivity contribution is 0.304. The summed E-state index contributed by atoms with van der Waals surface area (Å²) in [6.07, 6.45) is 4.88. The van der Waals surface area contributed by atoms with Gasteiger partial charge in [0.25, 0.3) is 0 Å². The average molecular weight is 215 g/mol. The first-order valence-electron chi connectivity index (χ1n) is 5.18. The molecule has 4 heteroatoms. The Morgan fingerprint density at radius 2 is 2.00 bits per heavy atom. The van der Waals surface area contributed by atoms with Gasteiger partial charge in [-0.05, 0) is 31.6 Å². The van der Waals surface area contributed by atoms with Crippen LogP contribution in [0.5, 0.6) is 0 Å². The predicted octanol–water partition coefficient (Wildman–Crippen LogP) is 3.10. The Kier molecular flexibility index (Phi) is 3.06. The zero-order valence-electron chi connectivity index (χ0n) is 8.37. The molecule has 1 aliphatic carbocycles. The van der Waals surface area contributed by atoms with Crippen molar-refractivity contribution in [3.05, 3.63) is 11.8 Å². The number of hydrogen-bond donors (Lipinski definition) is 0. The number of aromatic nitrogens is 2. The van der Waals surface area contributed by atoms with Crippen molar-refractivity contribution >= 4 is 11.6 Å². The van der Waals surface area contributed by atoms with Gasteiger partial charge >= 0.3 is 0 Å². The molecule has 1 fully saturated rings. The van der Waals surface area contributed by atoms with Crippen molar-refractivity contribution in [1.29, 1.82) is 0 Å². The highest BCUT2D eigenvalue weighted by atomic mass is 35.5. The van der Waals surface area contributed by atoms with Crippen LogP contribution < -0.4 is 0 Å². The van der Waals surface area contributed by atoms with E-state index in [2.05, 4.69) is 17.1 Å². The number of hydrogen-bond acceptors (Lipinski definition) is 3. The molecule has 1 heterocycles. The minimum Gasteiger partial charge on any atom is -0.424 e. The van der Waals surface area contributed by atoms with Crippen molar-refractivity contribution in [3.63, 3.8) is 0 Å². The fourth-order valence-electron chi connectivity index (χ4n) is 1.99. The second kappa shape index (κ2) is 4.30. The van der Waals surface area contributed by atoms with Gasteiger partial charge in [0.15, 0.2) is 0 Å². The monoisotopic (exact) mass is 214 g/mol.